The highest BCUT2D eigenvalue weighted by Gasteiger charge is 2.33. The molecule has 2 aliphatic heterocycles. The zero-order valence-corrected chi connectivity index (χ0v) is 23.7. The Hall–Kier alpha value is -3.45. The van der Waals surface area contributed by atoms with Crippen LogP contribution in [0.5, 0.6) is 5.75 Å². The minimum Gasteiger partial charge on any atom is -0.487 e. The number of fused-ring (bicyclic) bond motifs is 2. The van der Waals surface area contributed by atoms with E-state index in [9.17, 15) is 15.0 Å². The molecule has 0 amide bonds. The van der Waals surface area contributed by atoms with Gasteiger partial charge in [-0.15, -0.1) is 0 Å². The fourth-order valence-electron chi connectivity index (χ4n) is 5.66. The normalized spacial score (nSPS) is 18.1. The van der Waals surface area contributed by atoms with Crippen LogP contribution in [0.2, 0.25) is 5.02 Å². The number of allylic oxidation sites excluding steroid dienone is 1. The van der Waals surface area contributed by atoms with Gasteiger partial charge in [0.1, 0.15) is 12.4 Å². The van der Waals surface area contributed by atoms with E-state index < -0.39 is 11.6 Å². The summed E-state index contributed by atoms with van der Waals surface area (Å²) in [6, 6.07) is 17.4. The van der Waals surface area contributed by atoms with Crippen LogP contribution in [0.4, 0.5) is 0 Å². The van der Waals surface area contributed by atoms with Gasteiger partial charge in [-0.05, 0) is 77.8 Å². The molecule has 2 aromatic carbocycles. The predicted octanol–water partition coefficient (Wildman–Crippen LogP) is 6.56. The van der Waals surface area contributed by atoms with E-state index in [0.29, 0.717) is 24.5 Å². The number of rotatable bonds is 7. The molecule has 6 nitrogen and oxygen atoms in total. The number of hydrogen-bond donors (Lipinski definition) is 2. The van der Waals surface area contributed by atoms with Gasteiger partial charge in [-0.25, -0.2) is 4.79 Å². The van der Waals surface area contributed by atoms with E-state index in [1.165, 1.54) is 6.08 Å². The molecule has 1 fully saturated rings. The number of aliphatic carboxylic acids is 1. The van der Waals surface area contributed by atoms with Crippen molar-refractivity contribution in [1.82, 2.24) is 9.88 Å². The Kier molecular flexibility index (Phi) is 8.40. The second-order valence-corrected chi connectivity index (χ2v) is 11.3. The van der Waals surface area contributed by atoms with E-state index >= 15 is 0 Å². The summed E-state index contributed by atoms with van der Waals surface area (Å²) in [5.74, 6) is -0.144. The molecule has 1 saturated heterocycles. The van der Waals surface area contributed by atoms with Gasteiger partial charge in [-0.1, -0.05) is 55.8 Å². The van der Waals surface area contributed by atoms with Crippen LogP contribution in [0.3, 0.4) is 0 Å². The first-order valence-corrected chi connectivity index (χ1v) is 14.2. The largest absolute Gasteiger partial charge is 0.487 e. The van der Waals surface area contributed by atoms with Crippen LogP contribution in [0.1, 0.15) is 61.1 Å². The average molecular weight is 559 g/mol. The summed E-state index contributed by atoms with van der Waals surface area (Å²) >= 11 is 6.04. The minimum atomic E-state index is -0.954. The molecule has 5 rings (SSSR count). The van der Waals surface area contributed by atoms with Gasteiger partial charge in [0, 0.05) is 48.1 Å². The maximum absolute atomic E-state index is 11.5. The van der Waals surface area contributed by atoms with Crippen molar-refractivity contribution < 1.29 is 19.7 Å². The summed E-state index contributed by atoms with van der Waals surface area (Å²) in [5.41, 5.74) is 5.64. The highest BCUT2D eigenvalue weighted by Crippen LogP contribution is 2.39. The number of carboxylic acids is 1. The topological polar surface area (TPSA) is 82.9 Å². The number of likely N-dealkylation sites (tertiary alicyclic amines) is 1. The first-order chi connectivity index (χ1) is 19.2. The smallest absolute Gasteiger partial charge is 0.328 e. The molecule has 0 spiro atoms. The van der Waals surface area contributed by atoms with Crippen molar-refractivity contribution >= 4 is 28.7 Å². The van der Waals surface area contributed by atoms with E-state index in [1.54, 1.807) is 6.20 Å². The lowest BCUT2D eigenvalue weighted by Gasteiger charge is -2.38. The average Bonchev–Trinajstić information content (AvgIpc) is 3.09. The van der Waals surface area contributed by atoms with Gasteiger partial charge < -0.3 is 19.8 Å². The molecule has 0 bridgehead atoms. The fraction of sp³-hybridized carbons (Fsp3) is 0.333. The Balaban J connectivity index is 1.39. The quantitative estimate of drug-likeness (QED) is 0.320. The third-order valence-corrected chi connectivity index (χ3v) is 8.16. The second-order valence-electron chi connectivity index (χ2n) is 10.9. The summed E-state index contributed by atoms with van der Waals surface area (Å²) in [7, 11) is 0. The molecule has 208 valence electrons. The maximum atomic E-state index is 11.5. The van der Waals surface area contributed by atoms with Crippen LogP contribution < -0.4 is 4.74 Å². The Labute approximate surface area is 240 Å². The third-order valence-electron chi connectivity index (χ3n) is 7.91. The summed E-state index contributed by atoms with van der Waals surface area (Å²) in [6.07, 6.45) is 7.48. The molecule has 3 aromatic rings. The lowest BCUT2D eigenvalue weighted by Crippen LogP contribution is -2.42. The van der Waals surface area contributed by atoms with Crippen molar-refractivity contribution in [2.75, 3.05) is 19.6 Å². The lowest BCUT2D eigenvalue weighted by molar-refractivity contribution is -0.131. The summed E-state index contributed by atoms with van der Waals surface area (Å²) < 4.78 is 6.16. The molecular weight excluding hydrogens is 524 g/mol. The highest BCUT2D eigenvalue weighted by molar-refractivity contribution is 6.30. The number of ether oxygens (including phenoxy) is 1. The fourth-order valence-corrected chi connectivity index (χ4v) is 5.78. The second kappa shape index (κ2) is 12.0. The monoisotopic (exact) mass is 558 g/mol. The van der Waals surface area contributed by atoms with E-state index in [0.717, 1.165) is 70.9 Å². The molecule has 0 saturated carbocycles. The van der Waals surface area contributed by atoms with Gasteiger partial charge in [0.15, 0.2) is 0 Å². The van der Waals surface area contributed by atoms with Crippen molar-refractivity contribution in [2.24, 2.45) is 5.92 Å². The number of hydrogen-bond acceptors (Lipinski definition) is 5. The van der Waals surface area contributed by atoms with Crippen molar-refractivity contribution in [3.8, 4) is 5.75 Å². The third kappa shape index (κ3) is 6.15. The molecule has 0 unspecified atom stereocenters. The van der Waals surface area contributed by atoms with Crippen LogP contribution >= 0.6 is 11.6 Å². The van der Waals surface area contributed by atoms with Gasteiger partial charge >= 0.3 is 5.97 Å². The molecule has 40 heavy (non-hydrogen) atoms. The maximum Gasteiger partial charge on any atom is 0.328 e. The Morgan fingerprint density at radius 2 is 1.88 bits per heavy atom. The van der Waals surface area contributed by atoms with Gasteiger partial charge in [0.25, 0.3) is 0 Å². The number of piperidine rings is 1. The summed E-state index contributed by atoms with van der Waals surface area (Å²) in [4.78, 5) is 18.5. The number of aromatic nitrogens is 1. The van der Waals surface area contributed by atoms with Crippen molar-refractivity contribution in [3.63, 3.8) is 0 Å². The molecule has 7 heteroatoms. The SMILES string of the molecule is CC(C)/C(=C/C(=O)O)c1ccc2c(c1)/C(=C/CCN1CCC(O)(c3ccc(Cl)cc3)CC1)c1cccnc1CO2. The van der Waals surface area contributed by atoms with Crippen LogP contribution in [0.15, 0.2) is 72.9 Å². The summed E-state index contributed by atoms with van der Waals surface area (Å²) in [5, 5.41) is 21.4. The molecule has 2 aliphatic rings. The van der Waals surface area contributed by atoms with Crippen LogP contribution in [0, 0.1) is 5.92 Å². The first-order valence-electron chi connectivity index (χ1n) is 13.8. The number of halogens is 1. The molecule has 3 heterocycles. The van der Waals surface area contributed by atoms with Gasteiger partial charge in [-0.2, -0.15) is 0 Å². The zero-order chi connectivity index (χ0) is 28.3. The lowest BCUT2D eigenvalue weighted by atomic mass is 9.84. The molecule has 2 N–H and O–H groups in total. The molecular formula is C33H35ClN2O4. The number of benzene rings is 2. The number of aliphatic hydroxyl groups is 1. The predicted molar refractivity (Wildman–Crippen MR) is 158 cm³/mol. The molecule has 0 atom stereocenters. The number of carboxylic acid groups (broad SMARTS) is 1. The number of nitrogens with zero attached hydrogens (tertiary/aromatic N) is 2. The molecule has 0 radical (unpaired) electrons. The standard InChI is InChI=1S/C33H35ClN2O4/c1-22(2)28(20-32(37)38)23-7-12-31-29(19-23)26(27-5-3-15-35-30(27)21-40-31)6-4-16-36-17-13-33(39,14-18-36)24-8-10-25(34)11-9-24/h3,5-12,15,19-20,22,39H,4,13-14,16-18,21H2,1-2H3,(H,37,38)/b26-6+,28-20-. The van der Waals surface area contributed by atoms with E-state index in [4.69, 9.17) is 16.3 Å². The van der Waals surface area contributed by atoms with Crippen molar-refractivity contribution in [3.05, 3.63) is 106 Å². The first kappa shape index (κ1) is 28.1. The van der Waals surface area contributed by atoms with Crippen molar-refractivity contribution in [1.29, 1.82) is 0 Å². The van der Waals surface area contributed by atoms with Crippen LogP contribution in [-0.2, 0) is 17.0 Å². The Morgan fingerprint density at radius 1 is 1.12 bits per heavy atom. The van der Waals surface area contributed by atoms with Gasteiger partial charge in [-0.3, -0.25) is 4.98 Å². The van der Waals surface area contributed by atoms with Gasteiger partial charge in [0.2, 0.25) is 0 Å². The van der Waals surface area contributed by atoms with E-state index in [2.05, 4.69) is 22.0 Å². The zero-order valence-electron chi connectivity index (χ0n) is 22.9. The Bertz CT molecular complexity index is 1440. The molecule has 0 aliphatic carbocycles. The molecule has 1 aromatic heterocycles. The number of carbonyl (C=O) groups is 1. The van der Waals surface area contributed by atoms with Crippen LogP contribution in [0.25, 0.3) is 11.1 Å². The Morgan fingerprint density at radius 3 is 2.58 bits per heavy atom. The van der Waals surface area contributed by atoms with Crippen molar-refractivity contribution in [2.45, 2.75) is 45.3 Å². The summed E-state index contributed by atoms with van der Waals surface area (Å²) in [6.45, 7) is 6.85. The van der Waals surface area contributed by atoms with E-state index in [-0.39, 0.29) is 5.92 Å². The number of pyridine rings is 1. The highest BCUT2D eigenvalue weighted by atomic mass is 35.5. The minimum absolute atomic E-state index is 0.0489. The van der Waals surface area contributed by atoms with Crippen LogP contribution in [-0.4, -0.2) is 45.7 Å². The van der Waals surface area contributed by atoms with E-state index in [1.807, 2.05) is 62.4 Å². The van der Waals surface area contributed by atoms with Gasteiger partial charge in [0.05, 0.1) is 11.3 Å².